The third-order valence-corrected chi connectivity index (χ3v) is 5.77. The molecule has 3 aromatic rings. The standard InChI is InChI=1S/C21H20F2N6O2S/c1-27-16-11-24-21(25-12-7-9-13(10-8-12)32-29(3)31)26-19(16)28(2)18(20(27)30)17-14(22)5-4-6-15(17)23/h4-11,18,31H,1-3H3,(H,24,25,26). The Morgan fingerprint density at radius 2 is 1.78 bits per heavy atom. The lowest BCUT2D eigenvalue weighted by atomic mass is 10.0. The van der Waals surface area contributed by atoms with Gasteiger partial charge in [-0.15, -0.1) is 4.47 Å². The molecule has 0 saturated carbocycles. The highest BCUT2D eigenvalue weighted by molar-refractivity contribution is 7.96. The first kappa shape index (κ1) is 21.9. The largest absolute Gasteiger partial charge is 0.342 e. The van der Waals surface area contributed by atoms with Crippen LogP contribution in [0.4, 0.5) is 31.9 Å². The molecule has 11 heteroatoms. The van der Waals surface area contributed by atoms with Gasteiger partial charge < -0.3 is 20.3 Å². The second-order valence-electron chi connectivity index (χ2n) is 7.15. The molecule has 8 nitrogen and oxygen atoms in total. The molecule has 32 heavy (non-hydrogen) atoms. The van der Waals surface area contributed by atoms with Crippen LogP contribution in [0.25, 0.3) is 0 Å². The van der Waals surface area contributed by atoms with Gasteiger partial charge in [0.05, 0.1) is 11.8 Å². The van der Waals surface area contributed by atoms with Crippen LogP contribution < -0.4 is 15.1 Å². The fourth-order valence-corrected chi connectivity index (χ4v) is 4.05. The molecule has 0 aliphatic carbocycles. The molecular weight excluding hydrogens is 438 g/mol. The molecule has 4 rings (SSSR count). The van der Waals surface area contributed by atoms with Crippen LogP contribution in [0.3, 0.4) is 0 Å². The van der Waals surface area contributed by atoms with E-state index in [0.717, 1.165) is 33.4 Å². The summed E-state index contributed by atoms with van der Waals surface area (Å²) in [5.41, 5.74) is 0.802. The molecular formula is C21H20F2N6O2S. The maximum absolute atomic E-state index is 14.5. The molecule has 1 amide bonds. The summed E-state index contributed by atoms with van der Waals surface area (Å²) in [6.45, 7) is 0. The Morgan fingerprint density at radius 1 is 1.12 bits per heavy atom. The van der Waals surface area contributed by atoms with Crippen LogP contribution in [-0.2, 0) is 4.79 Å². The van der Waals surface area contributed by atoms with Crippen LogP contribution in [0.15, 0.2) is 53.6 Å². The number of fused-ring (bicyclic) bond motifs is 1. The average molecular weight is 458 g/mol. The van der Waals surface area contributed by atoms with E-state index in [1.165, 1.54) is 36.2 Å². The first-order chi connectivity index (χ1) is 15.3. The highest BCUT2D eigenvalue weighted by atomic mass is 32.2. The summed E-state index contributed by atoms with van der Waals surface area (Å²) in [4.78, 5) is 25.3. The van der Waals surface area contributed by atoms with Gasteiger partial charge in [0.15, 0.2) is 5.82 Å². The number of halogens is 2. The number of hydrogen-bond acceptors (Lipinski definition) is 8. The Balaban J connectivity index is 1.66. The number of hydroxylamine groups is 1. The predicted octanol–water partition coefficient (Wildman–Crippen LogP) is 3.98. The SMILES string of the molecule is CN(O)Sc1ccc(Nc2ncc3c(n2)N(C)C(c2c(F)cccc2F)C(=O)N3C)cc1. The van der Waals surface area contributed by atoms with E-state index in [2.05, 4.69) is 15.3 Å². The van der Waals surface area contributed by atoms with Gasteiger partial charge in [0.2, 0.25) is 5.95 Å². The molecule has 0 saturated heterocycles. The molecule has 2 heterocycles. The summed E-state index contributed by atoms with van der Waals surface area (Å²) < 4.78 is 29.9. The van der Waals surface area contributed by atoms with Gasteiger partial charge in [0, 0.05) is 31.7 Å². The van der Waals surface area contributed by atoms with Crippen molar-refractivity contribution in [3.63, 3.8) is 0 Å². The summed E-state index contributed by atoms with van der Waals surface area (Å²) in [6, 6.07) is 9.52. The number of amides is 1. The van der Waals surface area contributed by atoms with Crippen molar-refractivity contribution in [3.05, 3.63) is 65.9 Å². The average Bonchev–Trinajstić information content (AvgIpc) is 2.75. The smallest absolute Gasteiger partial charge is 0.254 e. The van der Waals surface area contributed by atoms with Gasteiger partial charge in [-0.25, -0.2) is 13.8 Å². The van der Waals surface area contributed by atoms with Crippen molar-refractivity contribution < 1.29 is 18.8 Å². The fraction of sp³-hybridized carbons (Fsp3) is 0.190. The minimum atomic E-state index is -1.21. The highest BCUT2D eigenvalue weighted by Crippen LogP contribution is 2.40. The van der Waals surface area contributed by atoms with E-state index < -0.39 is 23.6 Å². The molecule has 1 aliphatic heterocycles. The zero-order valence-corrected chi connectivity index (χ0v) is 18.3. The number of nitrogens with one attached hydrogen (secondary N) is 1. The molecule has 0 radical (unpaired) electrons. The van der Waals surface area contributed by atoms with Crippen LogP contribution in [0.1, 0.15) is 11.6 Å². The number of anilines is 4. The minimum Gasteiger partial charge on any atom is -0.342 e. The van der Waals surface area contributed by atoms with Gasteiger partial charge in [-0.3, -0.25) is 4.79 Å². The number of benzene rings is 2. The van der Waals surface area contributed by atoms with Crippen molar-refractivity contribution in [3.8, 4) is 0 Å². The van der Waals surface area contributed by atoms with Crippen molar-refractivity contribution in [2.24, 2.45) is 0 Å². The van der Waals surface area contributed by atoms with Crippen LogP contribution in [0.2, 0.25) is 0 Å². The van der Waals surface area contributed by atoms with E-state index in [1.54, 1.807) is 19.2 Å². The molecule has 0 spiro atoms. The second kappa shape index (κ2) is 8.69. The summed E-state index contributed by atoms with van der Waals surface area (Å²) in [5, 5.41) is 12.4. The van der Waals surface area contributed by atoms with Crippen molar-refractivity contribution in [1.82, 2.24) is 14.4 Å². The van der Waals surface area contributed by atoms with Gasteiger partial charge in [-0.1, -0.05) is 6.07 Å². The molecule has 1 unspecified atom stereocenters. The molecule has 1 aliphatic rings. The quantitative estimate of drug-likeness (QED) is 0.439. The summed E-state index contributed by atoms with van der Waals surface area (Å²) >= 11 is 1.16. The Hall–Kier alpha value is -3.28. The summed E-state index contributed by atoms with van der Waals surface area (Å²) in [5.74, 6) is -1.48. The van der Waals surface area contributed by atoms with Crippen molar-refractivity contribution in [1.29, 1.82) is 0 Å². The number of likely N-dealkylation sites (N-methyl/N-ethyl adjacent to an activating group) is 2. The van der Waals surface area contributed by atoms with E-state index in [-0.39, 0.29) is 11.5 Å². The van der Waals surface area contributed by atoms with Crippen LogP contribution in [-0.4, -0.2) is 46.7 Å². The van der Waals surface area contributed by atoms with Crippen LogP contribution >= 0.6 is 11.9 Å². The molecule has 0 bridgehead atoms. The number of nitrogens with zero attached hydrogens (tertiary/aromatic N) is 5. The Morgan fingerprint density at radius 3 is 2.41 bits per heavy atom. The fourth-order valence-electron chi connectivity index (χ4n) is 3.48. The molecule has 2 N–H and O–H groups in total. The minimum absolute atomic E-state index is 0.255. The number of hydrogen-bond donors (Lipinski definition) is 2. The monoisotopic (exact) mass is 458 g/mol. The Labute approximate surface area is 187 Å². The van der Waals surface area contributed by atoms with Crippen molar-refractivity contribution in [2.45, 2.75) is 10.9 Å². The first-order valence-electron chi connectivity index (χ1n) is 9.55. The number of rotatable bonds is 5. The van der Waals surface area contributed by atoms with Gasteiger partial charge in [0.25, 0.3) is 5.91 Å². The lowest BCUT2D eigenvalue weighted by Crippen LogP contribution is -2.46. The van der Waals surface area contributed by atoms with E-state index in [0.29, 0.717) is 17.2 Å². The highest BCUT2D eigenvalue weighted by Gasteiger charge is 2.40. The van der Waals surface area contributed by atoms with E-state index in [1.807, 2.05) is 12.1 Å². The number of aromatic nitrogens is 2. The lowest BCUT2D eigenvalue weighted by Gasteiger charge is -2.38. The molecule has 2 aromatic carbocycles. The zero-order valence-electron chi connectivity index (χ0n) is 17.5. The van der Waals surface area contributed by atoms with Crippen molar-refractivity contribution >= 4 is 41.0 Å². The first-order valence-corrected chi connectivity index (χ1v) is 10.3. The zero-order chi connectivity index (χ0) is 23.0. The topological polar surface area (TPSA) is 84.8 Å². The Kier molecular flexibility index (Phi) is 5.96. The van der Waals surface area contributed by atoms with Gasteiger partial charge in [-0.05, 0) is 48.3 Å². The lowest BCUT2D eigenvalue weighted by molar-refractivity contribution is -0.120. The normalized spacial score (nSPS) is 15.8. The van der Waals surface area contributed by atoms with Crippen LogP contribution in [0, 0.1) is 11.6 Å². The molecule has 1 atom stereocenters. The second-order valence-corrected chi connectivity index (χ2v) is 8.34. The Bertz CT molecular complexity index is 1140. The number of carbonyl (C=O) groups is 1. The van der Waals surface area contributed by atoms with Gasteiger partial charge in [0.1, 0.15) is 23.4 Å². The third-order valence-electron chi connectivity index (χ3n) is 5.02. The van der Waals surface area contributed by atoms with Crippen molar-refractivity contribution in [2.75, 3.05) is 36.3 Å². The number of carbonyl (C=O) groups excluding carboxylic acids is 1. The van der Waals surface area contributed by atoms with E-state index in [9.17, 15) is 18.8 Å². The van der Waals surface area contributed by atoms with Crippen LogP contribution in [0.5, 0.6) is 0 Å². The van der Waals surface area contributed by atoms with E-state index in [4.69, 9.17) is 0 Å². The molecule has 166 valence electrons. The predicted molar refractivity (Wildman–Crippen MR) is 118 cm³/mol. The summed E-state index contributed by atoms with van der Waals surface area (Å²) in [6.07, 6.45) is 1.48. The maximum Gasteiger partial charge on any atom is 0.254 e. The molecule has 1 aromatic heterocycles. The van der Waals surface area contributed by atoms with E-state index >= 15 is 0 Å². The molecule has 0 fully saturated rings. The maximum atomic E-state index is 14.5. The van der Waals surface area contributed by atoms with Gasteiger partial charge in [-0.2, -0.15) is 4.98 Å². The van der Waals surface area contributed by atoms with Gasteiger partial charge >= 0.3 is 0 Å². The third kappa shape index (κ3) is 4.09. The summed E-state index contributed by atoms with van der Waals surface area (Å²) in [7, 11) is 4.61.